The molecule has 0 fully saturated rings. The van der Waals surface area contributed by atoms with Gasteiger partial charge in [0.05, 0.1) is 6.04 Å². The molecule has 0 aromatic rings. The topological polar surface area (TPSA) is 113 Å². The minimum Gasteiger partial charge on any atom is -0.481 e. The van der Waals surface area contributed by atoms with Crippen LogP contribution in [0.15, 0.2) is 0 Å². The summed E-state index contributed by atoms with van der Waals surface area (Å²) in [5, 5.41) is 11.1. The molecule has 1 unspecified atom stereocenters. The van der Waals surface area contributed by atoms with Crippen LogP contribution in [-0.2, 0) is 14.4 Å². The number of carbonyl (C=O) groups excluding carboxylic acids is 2. The summed E-state index contributed by atoms with van der Waals surface area (Å²) in [4.78, 5) is 35.1. The molecule has 0 spiro atoms. The van der Waals surface area contributed by atoms with Crippen molar-refractivity contribution in [2.24, 2.45) is 11.7 Å². The van der Waals surface area contributed by atoms with Crippen LogP contribution in [0.1, 0.15) is 33.1 Å². The van der Waals surface area contributed by atoms with Crippen LogP contribution >= 0.6 is 0 Å². The minimum absolute atomic E-state index is 0.0319. The highest BCUT2D eigenvalue weighted by atomic mass is 16.4. The van der Waals surface area contributed by atoms with Gasteiger partial charge in [0.2, 0.25) is 11.8 Å². The van der Waals surface area contributed by atoms with Gasteiger partial charge >= 0.3 is 5.97 Å². The lowest BCUT2D eigenvalue weighted by Gasteiger charge is -2.19. The Morgan fingerprint density at radius 1 is 1.30 bits per heavy atom. The Balaban J connectivity index is 3.90. The molecule has 7 heteroatoms. The van der Waals surface area contributed by atoms with Crippen LogP contribution in [0.4, 0.5) is 0 Å². The average Bonchev–Trinajstić information content (AvgIpc) is 2.34. The van der Waals surface area contributed by atoms with Crippen LogP contribution in [0.3, 0.4) is 0 Å². The second-order valence-electron chi connectivity index (χ2n) is 5.24. The monoisotopic (exact) mass is 287 g/mol. The first-order valence-corrected chi connectivity index (χ1v) is 6.73. The van der Waals surface area contributed by atoms with E-state index in [9.17, 15) is 14.4 Å². The van der Waals surface area contributed by atoms with Crippen molar-refractivity contribution < 1.29 is 19.5 Å². The van der Waals surface area contributed by atoms with Gasteiger partial charge in [-0.15, -0.1) is 0 Å². The van der Waals surface area contributed by atoms with Gasteiger partial charge in [-0.25, -0.2) is 0 Å². The van der Waals surface area contributed by atoms with E-state index in [1.165, 1.54) is 0 Å². The minimum atomic E-state index is -0.979. The number of likely N-dealkylation sites (N-methyl/N-ethyl adjacent to an activating group) is 1. The molecule has 0 aliphatic heterocycles. The normalized spacial score (nSPS) is 12.1. The van der Waals surface area contributed by atoms with Crippen LogP contribution < -0.4 is 11.1 Å². The van der Waals surface area contributed by atoms with E-state index >= 15 is 0 Å². The van der Waals surface area contributed by atoms with Gasteiger partial charge in [0.1, 0.15) is 0 Å². The van der Waals surface area contributed by atoms with Crippen molar-refractivity contribution in [3.63, 3.8) is 0 Å². The van der Waals surface area contributed by atoms with E-state index in [0.29, 0.717) is 25.4 Å². The van der Waals surface area contributed by atoms with E-state index in [0.717, 1.165) is 0 Å². The summed E-state index contributed by atoms with van der Waals surface area (Å²) in [6.45, 7) is 4.65. The lowest BCUT2D eigenvalue weighted by atomic mass is 10.1. The summed E-state index contributed by atoms with van der Waals surface area (Å²) in [5.41, 5.74) is 5.55. The largest absolute Gasteiger partial charge is 0.481 e. The Kier molecular flexibility index (Phi) is 8.54. The fraction of sp³-hybridized carbons (Fsp3) is 0.769. The highest BCUT2D eigenvalue weighted by Crippen LogP contribution is 2.02. The predicted molar refractivity (Wildman–Crippen MR) is 74.9 cm³/mol. The van der Waals surface area contributed by atoms with Gasteiger partial charge in [-0.2, -0.15) is 0 Å². The molecule has 0 aliphatic carbocycles. The van der Waals surface area contributed by atoms with E-state index in [4.69, 9.17) is 10.8 Å². The Hall–Kier alpha value is -1.63. The SMILES string of the molecule is CC(C)CC(=O)N(C)CCNC(=O)C(N)CCC(=O)O. The number of hydrogen-bond acceptors (Lipinski definition) is 4. The zero-order chi connectivity index (χ0) is 15.7. The van der Waals surface area contributed by atoms with Crippen LogP contribution in [0.25, 0.3) is 0 Å². The van der Waals surface area contributed by atoms with E-state index in [2.05, 4.69) is 5.32 Å². The number of hydrogen-bond donors (Lipinski definition) is 3. The molecule has 0 heterocycles. The summed E-state index contributed by atoms with van der Waals surface area (Å²) in [7, 11) is 1.68. The molecule has 116 valence electrons. The van der Waals surface area contributed by atoms with Crippen molar-refractivity contribution in [1.29, 1.82) is 0 Å². The molecular formula is C13H25N3O4. The van der Waals surface area contributed by atoms with Crippen LogP contribution in [0, 0.1) is 5.92 Å². The van der Waals surface area contributed by atoms with Gasteiger partial charge in [0, 0.05) is 33.0 Å². The molecule has 0 saturated heterocycles. The summed E-state index contributed by atoms with van der Waals surface area (Å²) < 4.78 is 0. The smallest absolute Gasteiger partial charge is 0.303 e. The Morgan fingerprint density at radius 3 is 2.40 bits per heavy atom. The zero-order valence-electron chi connectivity index (χ0n) is 12.4. The molecule has 0 saturated carbocycles. The zero-order valence-corrected chi connectivity index (χ0v) is 12.4. The number of nitrogens with two attached hydrogens (primary N) is 1. The first kappa shape index (κ1) is 18.4. The summed E-state index contributed by atoms with van der Waals surface area (Å²) in [6.07, 6.45) is 0.438. The summed E-state index contributed by atoms with van der Waals surface area (Å²) >= 11 is 0. The van der Waals surface area contributed by atoms with Gasteiger partial charge < -0.3 is 21.1 Å². The van der Waals surface area contributed by atoms with Gasteiger partial charge in [-0.1, -0.05) is 13.8 Å². The van der Waals surface area contributed by atoms with Crippen molar-refractivity contribution in [2.45, 2.75) is 39.2 Å². The standard InChI is InChI=1S/C13H25N3O4/c1-9(2)8-11(17)16(3)7-6-15-13(20)10(14)4-5-12(18)19/h9-10H,4-8,14H2,1-3H3,(H,15,20)(H,18,19). The number of nitrogens with zero attached hydrogens (tertiary/aromatic N) is 1. The third kappa shape index (κ3) is 8.47. The molecule has 0 rings (SSSR count). The Morgan fingerprint density at radius 2 is 1.90 bits per heavy atom. The summed E-state index contributed by atoms with van der Waals surface area (Å²) in [6, 6.07) is -0.831. The van der Waals surface area contributed by atoms with E-state index in [1.54, 1.807) is 11.9 Å². The second-order valence-corrected chi connectivity index (χ2v) is 5.24. The molecule has 0 aliphatic rings. The second kappa shape index (κ2) is 9.30. The van der Waals surface area contributed by atoms with E-state index < -0.39 is 17.9 Å². The molecule has 0 aromatic carbocycles. The maximum absolute atomic E-state index is 11.7. The lowest BCUT2D eigenvalue weighted by molar-refractivity contribution is -0.137. The van der Waals surface area contributed by atoms with Crippen molar-refractivity contribution in [2.75, 3.05) is 20.1 Å². The van der Waals surface area contributed by atoms with Crippen molar-refractivity contribution in [3.05, 3.63) is 0 Å². The lowest BCUT2D eigenvalue weighted by Crippen LogP contribution is -2.44. The molecule has 0 bridgehead atoms. The molecule has 4 N–H and O–H groups in total. The average molecular weight is 287 g/mol. The van der Waals surface area contributed by atoms with E-state index in [-0.39, 0.29) is 18.7 Å². The van der Waals surface area contributed by atoms with Gasteiger partial charge in [0.15, 0.2) is 0 Å². The van der Waals surface area contributed by atoms with Gasteiger partial charge in [-0.3, -0.25) is 14.4 Å². The van der Waals surface area contributed by atoms with E-state index in [1.807, 2.05) is 13.8 Å². The molecule has 0 aromatic heterocycles. The van der Waals surface area contributed by atoms with Gasteiger partial charge in [-0.05, 0) is 12.3 Å². The molecule has 7 nitrogen and oxygen atoms in total. The molecule has 2 amide bonds. The maximum atomic E-state index is 11.7. The number of carbonyl (C=O) groups is 3. The highest BCUT2D eigenvalue weighted by molar-refractivity contribution is 5.82. The maximum Gasteiger partial charge on any atom is 0.303 e. The number of carboxylic acid groups (broad SMARTS) is 1. The third-order valence-corrected chi connectivity index (χ3v) is 2.76. The number of nitrogens with one attached hydrogen (secondary N) is 1. The first-order valence-electron chi connectivity index (χ1n) is 6.73. The van der Waals surface area contributed by atoms with Crippen LogP contribution in [0.5, 0.6) is 0 Å². The Labute approximate surface area is 119 Å². The molecular weight excluding hydrogens is 262 g/mol. The molecule has 20 heavy (non-hydrogen) atoms. The molecule has 0 radical (unpaired) electrons. The van der Waals surface area contributed by atoms with Crippen LogP contribution in [0.2, 0.25) is 0 Å². The number of carboxylic acids is 1. The predicted octanol–water partition coefficient (Wildman–Crippen LogP) is -0.201. The van der Waals surface area contributed by atoms with Crippen molar-refractivity contribution in [1.82, 2.24) is 10.2 Å². The number of rotatable bonds is 9. The summed E-state index contributed by atoms with van der Waals surface area (Å²) in [5.74, 6) is -1.04. The first-order chi connectivity index (χ1) is 9.23. The Bertz CT molecular complexity index is 345. The fourth-order valence-electron chi connectivity index (χ4n) is 1.52. The number of amides is 2. The van der Waals surface area contributed by atoms with Crippen molar-refractivity contribution in [3.8, 4) is 0 Å². The molecule has 1 atom stereocenters. The highest BCUT2D eigenvalue weighted by Gasteiger charge is 2.15. The quantitative estimate of drug-likeness (QED) is 0.543. The number of aliphatic carboxylic acids is 1. The van der Waals surface area contributed by atoms with Gasteiger partial charge in [0.25, 0.3) is 0 Å². The third-order valence-electron chi connectivity index (χ3n) is 2.76. The fourth-order valence-corrected chi connectivity index (χ4v) is 1.52. The van der Waals surface area contributed by atoms with Crippen LogP contribution in [-0.4, -0.2) is 54.0 Å². The van der Waals surface area contributed by atoms with Crippen molar-refractivity contribution >= 4 is 17.8 Å².